The highest BCUT2D eigenvalue weighted by Gasteiger charge is 2.59. The number of ether oxygens (including phenoxy) is 2. The van der Waals surface area contributed by atoms with Crippen molar-refractivity contribution >= 4 is 35.6 Å². The Morgan fingerprint density at radius 2 is 1.49 bits per heavy atom. The summed E-state index contributed by atoms with van der Waals surface area (Å²) in [4.78, 5) is 52.7. The number of nitrogens with two attached hydrogens (primary N) is 1. The average molecular weight is 576 g/mol. The SMILES string of the molecule is NC(=O)OCC1(C(=O)OC(c2ccccc2)c2ccccc2)CS[C@@H]2C(NC(=O)C(O)c3ccccc3)C(=O)N2C1. The summed E-state index contributed by atoms with van der Waals surface area (Å²) < 4.78 is 11.2. The van der Waals surface area contributed by atoms with Crippen molar-refractivity contribution in [3.63, 3.8) is 0 Å². The molecule has 2 aliphatic heterocycles. The molecule has 212 valence electrons. The Bertz CT molecular complexity index is 1370. The molecule has 3 aromatic rings. The summed E-state index contributed by atoms with van der Waals surface area (Å²) in [6, 6.07) is 26.0. The van der Waals surface area contributed by atoms with Gasteiger partial charge in [0.05, 0.1) is 0 Å². The van der Waals surface area contributed by atoms with Crippen molar-refractivity contribution in [2.45, 2.75) is 23.6 Å². The second-order valence-electron chi connectivity index (χ2n) is 9.96. The molecule has 2 heterocycles. The van der Waals surface area contributed by atoms with Gasteiger partial charge in [0, 0.05) is 12.3 Å². The van der Waals surface area contributed by atoms with Gasteiger partial charge in [-0.1, -0.05) is 91.0 Å². The van der Waals surface area contributed by atoms with Gasteiger partial charge >= 0.3 is 12.1 Å². The molecule has 2 aliphatic rings. The van der Waals surface area contributed by atoms with Crippen LogP contribution in [0.5, 0.6) is 0 Å². The Hall–Kier alpha value is -4.35. The summed E-state index contributed by atoms with van der Waals surface area (Å²) in [5.74, 6) is -1.63. The molecule has 10 nitrogen and oxygen atoms in total. The Balaban J connectivity index is 1.33. The number of rotatable bonds is 9. The van der Waals surface area contributed by atoms with Gasteiger partial charge in [-0.3, -0.25) is 14.4 Å². The molecule has 0 aromatic heterocycles. The topological polar surface area (TPSA) is 148 Å². The summed E-state index contributed by atoms with van der Waals surface area (Å²) >= 11 is 1.26. The normalized spacial score (nSPS) is 22.2. The molecule has 2 saturated heterocycles. The first-order valence-corrected chi connectivity index (χ1v) is 14.0. The highest BCUT2D eigenvalue weighted by Crippen LogP contribution is 2.44. The number of amides is 3. The third kappa shape index (κ3) is 5.91. The van der Waals surface area contributed by atoms with E-state index < -0.39 is 52.9 Å². The van der Waals surface area contributed by atoms with Gasteiger partial charge in [0.25, 0.3) is 5.91 Å². The Kier molecular flexibility index (Phi) is 8.27. The molecule has 4 N–H and O–H groups in total. The van der Waals surface area contributed by atoms with Crippen LogP contribution in [0.3, 0.4) is 0 Å². The molecule has 3 amide bonds. The standard InChI is InChI=1S/C30H29N3O7S/c31-29(38)39-17-30(28(37)40-24(20-12-6-2-7-13-20)21-14-8-3-9-15-21)16-33-26(36)22(27(33)41-18-30)32-25(35)23(34)19-10-4-1-5-11-19/h1-15,22-24,27,34H,16-18H2,(H2,31,38)(H,32,35)/t22?,23?,27-,30?/m1/s1. The largest absolute Gasteiger partial charge is 0.452 e. The fraction of sp³-hybridized carbons (Fsp3) is 0.267. The van der Waals surface area contributed by atoms with Crippen LogP contribution >= 0.6 is 11.8 Å². The molecule has 4 atom stereocenters. The van der Waals surface area contributed by atoms with Crippen LogP contribution in [0.4, 0.5) is 4.79 Å². The summed E-state index contributed by atoms with van der Waals surface area (Å²) in [6.45, 7) is -0.482. The fourth-order valence-electron chi connectivity index (χ4n) is 4.94. The molecular formula is C30H29N3O7S. The number of nitrogens with zero attached hydrogens (tertiary/aromatic N) is 1. The van der Waals surface area contributed by atoms with Crippen molar-refractivity contribution < 1.29 is 33.8 Å². The summed E-state index contributed by atoms with van der Waals surface area (Å²) in [5, 5.41) is 12.6. The molecule has 41 heavy (non-hydrogen) atoms. The molecule has 0 bridgehead atoms. The van der Waals surface area contributed by atoms with Crippen LogP contribution in [0.25, 0.3) is 0 Å². The number of nitrogens with one attached hydrogen (secondary N) is 1. The molecule has 0 saturated carbocycles. The number of benzene rings is 3. The fourth-order valence-corrected chi connectivity index (χ4v) is 6.46. The number of aliphatic hydroxyl groups is 1. The number of carbonyl (C=O) groups excluding carboxylic acids is 4. The van der Waals surface area contributed by atoms with E-state index in [4.69, 9.17) is 15.2 Å². The molecule has 3 unspecified atom stereocenters. The maximum Gasteiger partial charge on any atom is 0.404 e. The van der Waals surface area contributed by atoms with Crippen molar-refractivity contribution in [3.8, 4) is 0 Å². The van der Waals surface area contributed by atoms with E-state index in [0.29, 0.717) is 5.56 Å². The quantitative estimate of drug-likeness (QED) is 0.260. The molecule has 0 spiro atoms. The van der Waals surface area contributed by atoms with Crippen LogP contribution in [-0.4, -0.2) is 64.2 Å². The minimum atomic E-state index is -1.43. The lowest BCUT2D eigenvalue weighted by atomic mass is 9.87. The molecule has 0 radical (unpaired) electrons. The number of esters is 1. The third-order valence-corrected chi connectivity index (χ3v) is 8.75. The van der Waals surface area contributed by atoms with Gasteiger partial charge in [-0.2, -0.15) is 0 Å². The number of carbonyl (C=O) groups is 4. The highest BCUT2D eigenvalue weighted by atomic mass is 32.2. The number of hydrogen-bond donors (Lipinski definition) is 3. The van der Waals surface area contributed by atoms with Crippen LogP contribution < -0.4 is 11.1 Å². The zero-order chi connectivity index (χ0) is 29.0. The van der Waals surface area contributed by atoms with E-state index in [-0.39, 0.29) is 18.9 Å². The number of hydrogen-bond acceptors (Lipinski definition) is 8. The lowest BCUT2D eigenvalue weighted by Crippen LogP contribution is -2.74. The van der Waals surface area contributed by atoms with Gasteiger partial charge in [-0.15, -0.1) is 11.8 Å². The number of aliphatic hydroxyl groups excluding tert-OH is 1. The molecule has 2 fully saturated rings. The first-order valence-electron chi connectivity index (χ1n) is 13.0. The smallest absolute Gasteiger partial charge is 0.404 e. The molecular weight excluding hydrogens is 546 g/mol. The monoisotopic (exact) mass is 575 g/mol. The second-order valence-corrected chi connectivity index (χ2v) is 11.1. The van der Waals surface area contributed by atoms with E-state index in [9.17, 15) is 24.3 Å². The maximum absolute atomic E-state index is 13.9. The Morgan fingerprint density at radius 1 is 0.951 bits per heavy atom. The second kappa shape index (κ2) is 12.0. The number of primary amides is 1. The summed E-state index contributed by atoms with van der Waals surface area (Å²) in [6.07, 6.45) is -3.23. The van der Waals surface area contributed by atoms with E-state index in [0.717, 1.165) is 11.1 Å². The van der Waals surface area contributed by atoms with Crippen LogP contribution in [0.1, 0.15) is 28.9 Å². The lowest BCUT2D eigenvalue weighted by molar-refractivity contribution is -0.168. The van der Waals surface area contributed by atoms with Gasteiger partial charge in [-0.25, -0.2) is 4.79 Å². The molecule has 3 aromatic carbocycles. The van der Waals surface area contributed by atoms with E-state index in [1.165, 1.54) is 16.7 Å². The van der Waals surface area contributed by atoms with Crippen molar-refractivity contribution in [1.29, 1.82) is 0 Å². The van der Waals surface area contributed by atoms with Crippen molar-refractivity contribution in [1.82, 2.24) is 10.2 Å². The highest BCUT2D eigenvalue weighted by molar-refractivity contribution is 8.00. The van der Waals surface area contributed by atoms with Gasteiger partial charge in [-0.05, 0) is 16.7 Å². The van der Waals surface area contributed by atoms with Gasteiger partial charge in [0.15, 0.2) is 12.2 Å². The zero-order valence-corrected chi connectivity index (χ0v) is 22.7. The number of fused-ring (bicyclic) bond motifs is 1. The lowest BCUT2D eigenvalue weighted by Gasteiger charge is -2.54. The van der Waals surface area contributed by atoms with Gasteiger partial charge in [0.1, 0.15) is 23.4 Å². The zero-order valence-electron chi connectivity index (χ0n) is 21.9. The van der Waals surface area contributed by atoms with Crippen molar-refractivity contribution in [2.75, 3.05) is 18.9 Å². The minimum absolute atomic E-state index is 0.0977. The van der Waals surface area contributed by atoms with Crippen LogP contribution in [-0.2, 0) is 23.9 Å². The summed E-state index contributed by atoms with van der Waals surface area (Å²) in [5.41, 5.74) is 5.74. The van der Waals surface area contributed by atoms with Gasteiger partial charge < -0.3 is 30.5 Å². The molecule has 5 rings (SSSR count). The van der Waals surface area contributed by atoms with Gasteiger partial charge in [0.2, 0.25) is 5.91 Å². The summed E-state index contributed by atoms with van der Waals surface area (Å²) in [7, 11) is 0. The molecule has 0 aliphatic carbocycles. The maximum atomic E-state index is 13.9. The first kappa shape index (κ1) is 28.2. The Morgan fingerprint density at radius 3 is 2.02 bits per heavy atom. The van der Waals surface area contributed by atoms with E-state index in [1.807, 2.05) is 60.7 Å². The first-order chi connectivity index (χ1) is 19.8. The molecule has 11 heteroatoms. The average Bonchev–Trinajstić information content (AvgIpc) is 3.01. The van der Waals surface area contributed by atoms with Crippen LogP contribution in [0.2, 0.25) is 0 Å². The predicted octanol–water partition coefficient (Wildman–Crippen LogP) is 2.53. The van der Waals surface area contributed by atoms with E-state index in [2.05, 4.69) is 5.32 Å². The van der Waals surface area contributed by atoms with Crippen molar-refractivity contribution in [3.05, 3.63) is 108 Å². The number of β-lactam (4-membered cyclic amide) rings is 1. The van der Waals surface area contributed by atoms with Crippen LogP contribution in [0, 0.1) is 5.41 Å². The van der Waals surface area contributed by atoms with E-state index in [1.54, 1.807) is 30.3 Å². The number of thioether (sulfide) groups is 1. The minimum Gasteiger partial charge on any atom is -0.452 e. The predicted molar refractivity (Wildman–Crippen MR) is 150 cm³/mol. The van der Waals surface area contributed by atoms with Crippen LogP contribution in [0.15, 0.2) is 91.0 Å². The van der Waals surface area contributed by atoms with Crippen molar-refractivity contribution in [2.24, 2.45) is 11.1 Å². The van der Waals surface area contributed by atoms with E-state index >= 15 is 0 Å². The third-order valence-electron chi connectivity index (χ3n) is 7.16. The Labute approximate surface area is 240 Å².